The standard InChI is InChI=1S/C18H19N5O/c1-14(2)23(16-11-7-4-8-12-16)17(24)13-22-20-18(19-21-22)15-9-5-3-6-10-15/h3-12,14H,13H2,1-2H3. The van der Waals surface area contributed by atoms with Crippen LogP contribution in [0.5, 0.6) is 0 Å². The van der Waals surface area contributed by atoms with Crippen LogP contribution in [0.2, 0.25) is 0 Å². The Balaban J connectivity index is 1.78. The lowest BCUT2D eigenvalue weighted by Crippen LogP contribution is -2.39. The fraction of sp³-hybridized carbons (Fsp3) is 0.222. The first kappa shape index (κ1) is 15.9. The van der Waals surface area contributed by atoms with Crippen LogP contribution in [0.15, 0.2) is 60.7 Å². The Morgan fingerprint density at radius 3 is 2.29 bits per heavy atom. The predicted octanol–water partition coefficient (Wildman–Crippen LogP) is 2.78. The van der Waals surface area contributed by atoms with Gasteiger partial charge in [-0.2, -0.15) is 4.80 Å². The van der Waals surface area contributed by atoms with Crippen LogP contribution >= 0.6 is 0 Å². The second kappa shape index (κ2) is 7.04. The van der Waals surface area contributed by atoms with E-state index in [9.17, 15) is 4.79 Å². The van der Waals surface area contributed by atoms with Gasteiger partial charge in [0, 0.05) is 17.3 Å². The number of hydrogen-bond donors (Lipinski definition) is 0. The average molecular weight is 321 g/mol. The van der Waals surface area contributed by atoms with Crippen molar-refractivity contribution in [2.24, 2.45) is 0 Å². The minimum absolute atomic E-state index is 0.0389. The van der Waals surface area contributed by atoms with E-state index >= 15 is 0 Å². The molecule has 6 nitrogen and oxygen atoms in total. The van der Waals surface area contributed by atoms with Gasteiger partial charge in [-0.15, -0.1) is 10.2 Å². The lowest BCUT2D eigenvalue weighted by atomic mass is 10.2. The number of benzene rings is 2. The number of hydrogen-bond acceptors (Lipinski definition) is 4. The molecular formula is C18H19N5O. The van der Waals surface area contributed by atoms with Crippen molar-refractivity contribution in [2.75, 3.05) is 4.90 Å². The molecule has 1 aromatic heterocycles. The first-order chi connectivity index (χ1) is 11.6. The van der Waals surface area contributed by atoms with Gasteiger partial charge in [-0.1, -0.05) is 48.5 Å². The van der Waals surface area contributed by atoms with E-state index in [-0.39, 0.29) is 18.5 Å². The summed E-state index contributed by atoms with van der Waals surface area (Å²) in [7, 11) is 0. The van der Waals surface area contributed by atoms with Crippen molar-refractivity contribution in [1.82, 2.24) is 20.2 Å². The van der Waals surface area contributed by atoms with E-state index in [0.717, 1.165) is 11.3 Å². The zero-order valence-electron chi connectivity index (χ0n) is 13.7. The highest BCUT2D eigenvalue weighted by atomic mass is 16.2. The Labute approximate surface area is 140 Å². The molecule has 0 aliphatic rings. The molecule has 0 unspecified atom stereocenters. The second-order valence-corrected chi connectivity index (χ2v) is 5.70. The number of amides is 1. The molecule has 0 radical (unpaired) electrons. The van der Waals surface area contributed by atoms with E-state index in [0.29, 0.717) is 5.82 Å². The molecule has 0 saturated carbocycles. The molecule has 0 aliphatic heterocycles. The third kappa shape index (κ3) is 3.48. The SMILES string of the molecule is CC(C)N(C(=O)Cn1nnc(-c2ccccc2)n1)c1ccccc1. The molecule has 0 N–H and O–H groups in total. The molecule has 0 bridgehead atoms. The van der Waals surface area contributed by atoms with Gasteiger partial charge in [-0.3, -0.25) is 4.79 Å². The summed E-state index contributed by atoms with van der Waals surface area (Å²) in [5.74, 6) is 0.437. The van der Waals surface area contributed by atoms with Crippen molar-refractivity contribution >= 4 is 11.6 Å². The molecule has 24 heavy (non-hydrogen) atoms. The van der Waals surface area contributed by atoms with Crippen molar-refractivity contribution in [3.63, 3.8) is 0 Å². The minimum Gasteiger partial charge on any atom is -0.308 e. The fourth-order valence-corrected chi connectivity index (χ4v) is 2.53. The highest BCUT2D eigenvalue weighted by molar-refractivity contribution is 5.93. The third-order valence-corrected chi connectivity index (χ3v) is 3.58. The molecule has 1 heterocycles. The molecular weight excluding hydrogens is 302 g/mol. The molecule has 0 atom stereocenters. The molecule has 0 saturated heterocycles. The van der Waals surface area contributed by atoms with Crippen molar-refractivity contribution in [3.05, 3.63) is 60.7 Å². The Morgan fingerprint density at radius 2 is 1.67 bits per heavy atom. The zero-order chi connectivity index (χ0) is 16.9. The van der Waals surface area contributed by atoms with E-state index in [4.69, 9.17) is 0 Å². The van der Waals surface area contributed by atoms with E-state index in [2.05, 4.69) is 15.4 Å². The van der Waals surface area contributed by atoms with Gasteiger partial charge in [0.05, 0.1) is 0 Å². The lowest BCUT2D eigenvalue weighted by Gasteiger charge is -2.26. The number of carbonyl (C=O) groups excluding carboxylic acids is 1. The van der Waals surface area contributed by atoms with Gasteiger partial charge in [0.1, 0.15) is 6.54 Å². The van der Waals surface area contributed by atoms with Gasteiger partial charge >= 0.3 is 0 Å². The monoisotopic (exact) mass is 321 g/mol. The van der Waals surface area contributed by atoms with Crippen molar-refractivity contribution < 1.29 is 4.79 Å². The van der Waals surface area contributed by atoms with Crippen LogP contribution in [-0.2, 0) is 11.3 Å². The number of rotatable bonds is 5. The summed E-state index contributed by atoms with van der Waals surface area (Å²) < 4.78 is 0. The molecule has 3 rings (SSSR count). The van der Waals surface area contributed by atoms with Gasteiger partial charge in [0.2, 0.25) is 5.82 Å². The molecule has 0 spiro atoms. The molecule has 0 aliphatic carbocycles. The summed E-state index contributed by atoms with van der Waals surface area (Å²) in [4.78, 5) is 15.8. The van der Waals surface area contributed by atoms with Crippen LogP contribution in [-0.4, -0.2) is 32.2 Å². The van der Waals surface area contributed by atoms with Crippen molar-refractivity contribution in [1.29, 1.82) is 0 Å². The topological polar surface area (TPSA) is 63.9 Å². The average Bonchev–Trinajstić information content (AvgIpc) is 3.05. The highest BCUT2D eigenvalue weighted by Crippen LogP contribution is 2.17. The summed E-state index contributed by atoms with van der Waals surface area (Å²) >= 11 is 0. The number of tetrazole rings is 1. The maximum Gasteiger partial charge on any atom is 0.250 e. The zero-order valence-corrected chi connectivity index (χ0v) is 13.7. The predicted molar refractivity (Wildman–Crippen MR) is 92.3 cm³/mol. The molecule has 3 aromatic rings. The van der Waals surface area contributed by atoms with Crippen LogP contribution < -0.4 is 4.90 Å². The third-order valence-electron chi connectivity index (χ3n) is 3.58. The van der Waals surface area contributed by atoms with Crippen LogP contribution in [0.4, 0.5) is 5.69 Å². The lowest BCUT2D eigenvalue weighted by molar-refractivity contribution is -0.119. The molecule has 2 aromatic carbocycles. The van der Waals surface area contributed by atoms with E-state index in [1.165, 1.54) is 4.80 Å². The molecule has 1 amide bonds. The Bertz CT molecular complexity index is 799. The van der Waals surface area contributed by atoms with Crippen LogP contribution in [0, 0.1) is 0 Å². The van der Waals surface area contributed by atoms with Crippen molar-refractivity contribution in [3.8, 4) is 11.4 Å². The first-order valence-electron chi connectivity index (χ1n) is 7.85. The van der Waals surface area contributed by atoms with Gasteiger partial charge in [0.15, 0.2) is 0 Å². The van der Waals surface area contributed by atoms with Crippen molar-refractivity contribution in [2.45, 2.75) is 26.4 Å². The second-order valence-electron chi connectivity index (χ2n) is 5.70. The maximum atomic E-state index is 12.7. The van der Waals surface area contributed by atoms with E-state index in [1.807, 2.05) is 74.5 Å². The quantitative estimate of drug-likeness (QED) is 0.725. The maximum absolute atomic E-state index is 12.7. The number of carbonyl (C=O) groups is 1. The highest BCUT2D eigenvalue weighted by Gasteiger charge is 2.20. The molecule has 122 valence electrons. The Morgan fingerprint density at radius 1 is 1.04 bits per heavy atom. The van der Waals surface area contributed by atoms with Gasteiger partial charge < -0.3 is 4.90 Å². The van der Waals surface area contributed by atoms with Gasteiger partial charge in [-0.25, -0.2) is 0 Å². The minimum atomic E-state index is -0.0757. The Hall–Kier alpha value is -3.02. The fourth-order valence-electron chi connectivity index (χ4n) is 2.53. The summed E-state index contributed by atoms with van der Waals surface area (Å²) in [5.41, 5.74) is 1.74. The normalized spacial score (nSPS) is 10.8. The largest absolute Gasteiger partial charge is 0.308 e. The van der Waals surface area contributed by atoms with Gasteiger partial charge in [0.25, 0.3) is 5.91 Å². The van der Waals surface area contributed by atoms with Crippen LogP contribution in [0.3, 0.4) is 0 Å². The molecule has 0 fully saturated rings. The Kier molecular flexibility index (Phi) is 4.65. The summed E-state index contributed by atoms with van der Waals surface area (Å²) in [6.45, 7) is 4.01. The van der Waals surface area contributed by atoms with E-state index < -0.39 is 0 Å². The summed E-state index contributed by atoms with van der Waals surface area (Å²) in [6, 6.07) is 19.2. The number of aromatic nitrogens is 4. The van der Waals surface area contributed by atoms with Gasteiger partial charge in [-0.05, 0) is 31.2 Å². The number of anilines is 1. The summed E-state index contributed by atoms with van der Waals surface area (Å²) in [6.07, 6.45) is 0. The molecule has 6 heteroatoms. The van der Waals surface area contributed by atoms with Crippen LogP contribution in [0.1, 0.15) is 13.8 Å². The number of para-hydroxylation sites is 1. The summed E-state index contributed by atoms with van der Waals surface area (Å²) in [5, 5.41) is 12.3. The van der Waals surface area contributed by atoms with Crippen LogP contribution in [0.25, 0.3) is 11.4 Å². The van der Waals surface area contributed by atoms with E-state index in [1.54, 1.807) is 4.90 Å². The number of nitrogens with zero attached hydrogens (tertiary/aromatic N) is 5. The first-order valence-corrected chi connectivity index (χ1v) is 7.85. The smallest absolute Gasteiger partial charge is 0.250 e.